The molecule has 6 nitrogen and oxygen atoms in total. The molecule has 0 radical (unpaired) electrons. The first-order valence-electron chi connectivity index (χ1n) is 7.56. The lowest BCUT2D eigenvalue weighted by molar-refractivity contribution is -0.157. The van der Waals surface area contributed by atoms with E-state index >= 15 is 0 Å². The Morgan fingerprint density at radius 1 is 1.42 bits per heavy atom. The number of nitrogens with zero attached hydrogens (tertiary/aromatic N) is 2. The molecule has 1 aromatic heterocycles. The van der Waals surface area contributed by atoms with E-state index in [1.807, 2.05) is 19.1 Å². The van der Waals surface area contributed by atoms with Gasteiger partial charge >= 0.3 is 12.2 Å². The first-order valence-corrected chi connectivity index (χ1v) is 7.56. The van der Waals surface area contributed by atoms with Crippen molar-refractivity contribution < 1.29 is 22.8 Å². The Morgan fingerprint density at radius 3 is 2.79 bits per heavy atom. The zero-order valence-electron chi connectivity index (χ0n) is 13.2. The largest absolute Gasteiger partial charge is 0.406 e. The third-order valence-electron chi connectivity index (χ3n) is 3.64. The van der Waals surface area contributed by atoms with Crippen LogP contribution in [0.3, 0.4) is 0 Å². The molecule has 24 heavy (non-hydrogen) atoms. The SMILES string of the molecule is Cc1ccc(CCNC(=O)N[C@@H]2CCN(CC(F)(F)F)C2=O)cn1. The zero-order chi connectivity index (χ0) is 17.7. The minimum absolute atomic E-state index is 0.0155. The Labute approximate surface area is 137 Å². The van der Waals surface area contributed by atoms with Gasteiger partial charge in [-0.25, -0.2) is 4.79 Å². The summed E-state index contributed by atoms with van der Waals surface area (Å²) in [5, 5.41) is 5.00. The van der Waals surface area contributed by atoms with Crippen LogP contribution in [0.1, 0.15) is 17.7 Å². The summed E-state index contributed by atoms with van der Waals surface area (Å²) in [6, 6.07) is 2.29. The molecule has 2 rings (SSSR count). The highest BCUT2D eigenvalue weighted by Gasteiger charge is 2.39. The number of carbonyl (C=O) groups excluding carboxylic acids is 2. The normalized spacial score (nSPS) is 17.9. The summed E-state index contributed by atoms with van der Waals surface area (Å²) in [6.45, 7) is 0.907. The summed E-state index contributed by atoms with van der Waals surface area (Å²) in [7, 11) is 0. The van der Waals surface area contributed by atoms with Gasteiger partial charge in [-0.15, -0.1) is 0 Å². The Hall–Kier alpha value is -2.32. The number of aryl methyl sites for hydroxylation is 1. The van der Waals surface area contributed by atoms with E-state index in [9.17, 15) is 22.8 Å². The number of amides is 3. The van der Waals surface area contributed by atoms with Gasteiger partial charge in [0.2, 0.25) is 5.91 Å². The maximum absolute atomic E-state index is 12.3. The quantitative estimate of drug-likeness (QED) is 0.848. The minimum atomic E-state index is -4.44. The maximum atomic E-state index is 12.3. The smallest absolute Gasteiger partial charge is 0.338 e. The number of urea groups is 1. The monoisotopic (exact) mass is 344 g/mol. The number of halogens is 3. The van der Waals surface area contributed by atoms with Gasteiger partial charge in [0.25, 0.3) is 0 Å². The molecular weight excluding hydrogens is 325 g/mol. The number of alkyl halides is 3. The summed E-state index contributed by atoms with van der Waals surface area (Å²) in [5.74, 6) is -0.704. The van der Waals surface area contributed by atoms with Crippen LogP contribution in [0, 0.1) is 6.92 Å². The number of rotatable bonds is 5. The second-order valence-corrected chi connectivity index (χ2v) is 5.67. The number of likely N-dealkylation sites (tertiary alicyclic amines) is 1. The molecule has 0 saturated carbocycles. The minimum Gasteiger partial charge on any atom is -0.338 e. The molecule has 0 spiro atoms. The second-order valence-electron chi connectivity index (χ2n) is 5.67. The van der Waals surface area contributed by atoms with Crippen LogP contribution in [0.4, 0.5) is 18.0 Å². The molecule has 0 unspecified atom stereocenters. The van der Waals surface area contributed by atoms with E-state index in [0.29, 0.717) is 17.9 Å². The lowest BCUT2D eigenvalue weighted by Crippen LogP contribution is -2.47. The van der Waals surface area contributed by atoms with E-state index in [0.717, 1.165) is 11.3 Å². The van der Waals surface area contributed by atoms with Gasteiger partial charge in [-0.3, -0.25) is 9.78 Å². The van der Waals surface area contributed by atoms with Crippen molar-refractivity contribution in [2.24, 2.45) is 0 Å². The lowest BCUT2D eigenvalue weighted by Gasteiger charge is -2.18. The third-order valence-corrected chi connectivity index (χ3v) is 3.64. The fraction of sp³-hybridized carbons (Fsp3) is 0.533. The van der Waals surface area contributed by atoms with Crippen LogP contribution < -0.4 is 10.6 Å². The molecule has 1 fully saturated rings. The summed E-state index contributed by atoms with van der Waals surface area (Å²) < 4.78 is 37.0. The van der Waals surface area contributed by atoms with Crippen LogP contribution in [0.5, 0.6) is 0 Å². The van der Waals surface area contributed by atoms with Crippen LogP contribution in [0.15, 0.2) is 18.3 Å². The first-order chi connectivity index (χ1) is 11.2. The van der Waals surface area contributed by atoms with Crippen LogP contribution in [-0.4, -0.2) is 53.7 Å². The Balaban J connectivity index is 1.72. The van der Waals surface area contributed by atoms with Gasteiger partial charge in [0, 0.05) is 25.0 Å². The highest BCUT2D eigenvalue weighted by atomic mass is 19.4. The van der Waals surface area contributed by atoms with Gasteiger partial charge in [0.05, 0.1) is 0 Å². The molecule has 1 atom stereocenters. The summed E-state index contributed by atoms with van der Waals surface area (Å²) in [6.07, 6.45) is -1.98. The fourth-order valence-electron chi connectivity index (χ4n) is 2.42. The molecule has 0 aliphatic carbocycles. The molecule has 0 bridgehead atoms. The van der Waals surface area contributed by atoms with Gasteiger partial charge in [0.15, 0.2) is 0 Å². The van der Waals surface area contributed by atoms with Crippen LogP contribution in [0.25, 0.3) is 0 Å². The van der Waals surface area contributed by atoms with Crippen LogP contribution in [-0.2, 0) is 11.2 Å². The van der Waals surface area contributed by atoms with E-state index < -0.39 is 30.7 Å². The fourth-order valence-corrected chi connectivity index (χ4v) is 2.42. The molecule has 2 N–H and O–H groups in total. The van der Waals surface area contributed by atoms with E-state index in [2.05, 4.69) is 15.6 Å². The van der Waals surface area contributed by atoms with Crippen molar-refractivity contribution in [2.75, 3.05) is 19.6 Å². The third kappa shape index (κ3) is 5.39. The molecule has 0 aromatic carbocycles. The number of pyridine rings is 1. The molecule has 3 amide bonds. The Morgan fingerprint density at radius 2 is 2.17 bits per heavy atom. The number of hydrogen-bond donors (Lipinski definition) is 2. The van der Waals surface area contributed by atoms with E-state index in [4.69, 9.17) is 0 Å². The molecule has 1 aliphatic heterocycles. The average molecular weight is 344 g/mol. The van der Waals surface area contributed by atoms with Crippen molar-refractivity contribution in [2.45, 2.75) is 32.0 Å². The van der Waals surface area contributed by atoms with E-state index in [1.165, 1.54) is 0 Å². The summed E-state index contributed by atoms with van der Waals surface area (Å²) in [5.41, 5.74) is 1.85. The molecular formula is C15H19F3N4O2. The maximum Gasteiger partial charge on any atom is 0.406 e. The highest BCUT2D eigenvalue weighted by Crippen LogP contribution is 2.20. The average Bonchev–Trinajstić information content (AvgIpc) is 2.80. The number of nitrogens with one attached hydrogen (secondary N) is 2. The van der Waals surface area contributed by atoms with Crippen LogP contribution in [0.2, 0.25) is 0 Å². The van der Waals surface area contributed by atoms with E-state index in [1.54, 1.807) is 6.20 Å². The van der Waals surface area contributed by atoms with Gasteiger partial charge < -0.3 is 15.5 Å². The van der Waals surface area contributed by atoms with Gasteiger partial charge in [-0.05, 0) is 31.4 Å². The Kier molecular flexibility index (Phi) is 5.63. The molecule has 9 heteroatoms. The number of carbonyl (C=O) groups is 2. The summed E-state index contributed by atoms with van der Waals surface area (Å²) >= 11 is 0. The predicted octanol–water partition coefficient (Wildman–Crippen LogP) is 1.39. The zero-order valence-corrected chi connectivity index (χ0v) is 13.2. The molecule has 1 aliphatic rings. The van der Waals surface area contributed by atoms with Gasteiger partial charge in [-0.2, -0.15) is 13.2 Å². The van der Waals surface area contributed by atoms with Crippen molar-refractivity contribution in [3.63, 3.8) is 0 Å². The van der Waals surface area contributed by atoms with Crippen molar-refractivity contribution in [3.8, 4) is 0 Å². The molecule has 1 aromatic rings. The van der Waals surface area contributed by atoms with Crippen molar-refractivity contribution >= 4 is 11.9 Å². The Bertz CT molecular complexity index is 589. The second kappa shape index (κ2) is 7.50. The van der Waals surface area contributed by atoms with Crippen molar-refractivity contribution in [1.29, 1.82) is 0 Å². The van der Waals surface area contributed by atoms with E-state index in [-0.39, 0.29) is 13.0 Å². The topological polar surface area (TPSA) is 74.3 Å². The van der Waals surface area contributed by atoms with Gasteiger partial charge in [-0.1, -0.05) is 6.07 Å². The molecule has 2 heterocycles. The molecule has 132 valence electrons. The number of hydrogen-bond acceptors (Lipinski definition) is 3. The van der Waals surface area contributed by atoms with Crippen molar-refractivity contribution in [1.82, 2.24) is 20.5 Å². The predicted molar refractivity (Wildman–Crippen MR) is 80.3 cm³/mol. The van der Waals surface area contributed by atoms with Crippen molar-refractivity contribution in [3.05, 3.63) is 29.6 Å². The summed E-state index contributed by atoms with van der Waals surface area (Å²) in [4.78, 5) is 28.4. The van der Waals surface area contributed by atoms with Gasteiger partial charge in [0.1, 0.15) is 12.6 Å². The first kappa shape index (κ1) is 18.0. The molecule has 1 saturated heterocycles. The standard InChI is InChI=1S/C15H19F3N4O2/c1-10-2-3-11(8-20-10)4-6-19-14(24)21-12-5-7-22(13(12)23)9-15(16,17)18/h2-3,8,12H,4-7,9H2,1H3,(H2,19,21,24)/t12-/m1/s1. The van der Waals surface area contributed by atoms with Crippen LogP contribution >= 0.6 is 0 Å². The lowest BCUT2D eigenvalue weighted by atomic mass is 10.2. The highest BCUT2D eigenvalue weighted by molar-refractivity contribution is 5.88. The number of aromatic nitrogens is 1.